The highest BCUT2D eigenvalue weighted by Crippen LogP contribution is 2.25. The van der Waals surface area contributed by atoms with E-state index >= 15 is 0 Å². The normalized spacial score (nSPS) is 16.0. The largest absolute Gasteiger partial charge is 0.343 e. The van der Waals surface area contributed by atoms with Crippen LogP contribution in [0.15, 0.2) is 32.5 Å². The molecule has 0 atom stereocenters. The van der Waals surface area contributed by atoms with Crippen molar-refractivity contribution in [3.8, 4) is 0 Å². The maximum absolute atomic E-state index is 12.4. The van der Waals surface area contributed by atoms with Gasteiger partial charge in [-0.25, -0.2) is 21.6 Å². The summed E-state index contributed by atoms with van der Waals surface area (Å²) in [6.45, 7) is 1.40. The number of carbonyl (C=O) groups is 1. The third-order valence-corrected chi connectivity index (χ3v) is 7.53. The predicted molar refractivity (Wildman–Crippen MR) is 97.5 cm³/mol. The Hall–Kier alpha value is -0.970. The Morgan fingerprint density at radius 1 is 1.16 bits per heavy atom. The van der Waals surface area contributed by atoms with Crippen LogP contribution in [0.3, 0.4) is 0 Å². The zero-order valence-corrected chi connectivity index (χ0v) is 17.1. The van der Waals surface area contributed by atoms with Gasteiger partial charge in [-0.15, -0.1) is 0 Å². The van der Waals surface area contributed by atoms with E-state index in [-0.39, 0.29) is 33.1 Å². The molecule has 2 rings (SSSR count). The summed E-state index contributed by atoms with van der Waals surface area (Å²) in [5.74, 6) is -0.0775. The molecule has 7 nitrogen and oxygen atoms in total. The fourth-order valence-electron chi connectivity index (χ4n) is 2.59. The van der Waals surface area contributed by atoms with E-state index in [2.05, 4.69) is 20.7 Å². The number of amides is 1. The lowest BCUT2D eigenvalue weighted by Crippen LogP contribution is -2.37. The molecule has 1 aromatic rings. The molecule has 0 spiro atoms. The van der Waals surface area contributed by atoms with Gasteiger partial charge in [-0.05, 0) is 53.4 Å². The second kappa shape index (κ2) is 8.15. The molecule has 0 aliphatic carbocycles. The van der Waals surface area contributed by atoms with Gasteiger partial charge in [0.1, 0.15) is 0 Å². The number of nitrogens with one attached hydrogen (secondary N) is 1. The quantitative estimate of drug-likeness (QED) is 0.704. The topological polar surface area (TPSA) is 101 Å². The predicted octanol–water partition coefficient (Wildman–Crippen LogP) is 1.53. The Balaban J connectivity index is 2.05. The molecule has 1 N–H and O–H groups in total. The first-order valence-electron chi connectivity index (χ1n) is 7.88. The fourth-order valence-corrected chi connectivity index (χ4v) is 5.33. The molecule has 0 unspecified atom stereocenters. The number of hydrogen-bond donors (Lipinski definition) is 1. The van der Waals surface area contributed by atoms with Gasteiger partial charge in [-0.1, -0.05) is 0 Å². The summed E-state index contributed by atoms with van der Waals surface area (Å²) in [7, 11) is -7.46. The van der Waals surface area contributed by atoms with Crippen molar-refractivity contribution in [1.82, 2.24) is 9.62 Å². The van der Waals surface area contributed by atoms with Crippen LogP contribution in [0.2, 0.25) is 0 Å². The number of hydrogen-bond acceptors (Lipinski definition) is 5. The van der Waals surface area contributed by atoms with Crippen molar-refractivity contribution in [2.24, 2.45) is 0 Å². The molecule has 10 heteroatoms. The second-order valence-corrected chi connectivity index (χ2v) is 10.6. The third kappa shape index (κ3) is 5.50. The molecule has 1 fully saturated rings. The Morgan fingerprint density at radius 2 is 1.80 bits per heavy atom. The molecule has 1 aliphatic heterocycles. The number of sulfonamides is 1. The first-order chi connectivity index (χ1) is 11.6. The van der Waals surface area contributed by atoms with E-state index in [0.717, 1.165) is 31.6 Å². The van der Waals surface area contributed by atoms with Crippen LogP contribution in [-0.4, -0.2) is 53.5 Å². The average molecular weight is 453 g/mol. The van der Waals surface area contributed by atoms with Crippen LogP contribution in [-0.2, 0) is 24.7 Å². The molecule has 1 heterocycles. The number of halogens is 1. The van der Waals surface area contributed by atoms with Crippen LogP contribution in [0, 0.1) is 0 Å². The number of rotatable bonds is 6. The van der Waals surface area contributed by atoms with Crippen molar-refractivity contribution < 1.29 is 21.6 Å². The Kier molecular flexibility index (Phi) is 6.63. The van der Waals surface area contributed by atoms with Crippen LogP contribution in [0.5, 0.6) is 0 Å². The Morgan fingerprint density at radius 3 is 2.40 bits per heavy atom. The van der Waals surface area contributed by atoms with Gasteiger partial charge in [-0.2, -0.15) is 0 Å². The molecule has 0 saturated carbocycles. The molecule has 0 radical (unpaired) electrons. The molecule has 1 aliphatic rings. The Labute approximate surface area is 156 Å². The molecule has 1 saturated heterocycles. The van der Waals surface area contributed by atoms with Crippen molar-refractivity contribution in [3.63, 3.8) is 0 Å². The Bertz CT molecular complexity index is 847. The van der Waals surface area contributed by atoms with E-state index in [1.54, 1.807) is 4.90 Å². The van der Waals surface area contributed by atoms with Crippen LogP contribution in [0.25, 0.3) is 0 Å². The van der Waals surface area contributed by atoms with Gasteiger partial charge in [0.05, 0.1) is 9.79 Å². The van der Waals surface area contributed by atoms with Gasteiger partial charge in [0.25, 0.3) is 0 Å². The molecule has 0 aromatic heterocycles. The first-order valence-corrected chi connectivity index (χ1v) is 12.0. The highest BCUT2D eigenvalue weighted by Gasteiger charge is 2.22. The summed E-state index contributed by atoms with van der Waals surface area (Å²) < 4.78 is 50.7. The third-order valence-electron chi connectivity index (χ3n) is 3.96. The highest BCUT2D eigenvalue weighted by atomic mass is 79.9. The van der Waals surface area contributed by atoms with Crippen LogP contribution in [0.4, 0.5) is 0 Å². The maximum Gasteiger partial charge on any atom is 0.241 e. The number of likely N-dealkylation sites (tertiary alicyclic amines) is 1. The fraction of sp³-hybridized carbons (Fsp3) is 0.533. The number of carbonyl (C=O) groups excluding carboxylic acids is 1. The first kappa shape index (κ1) is 20.3. The van der Waals surface area contributed by atoms with Crippen LogP contribution >= 0.6 is 15.9 Å². The summed E-state index contributed by atoms with van der Waals surface area (Å²) in [6, 6.07) is 3.82. The van der Waals surface area contributed by atoms with Crippen molar-refractivity contribution in [2.75, 3.05) is 25.9 Å². The van der Waals surface area contributed by atoms with Crippen molar-refractivity contribution in [1.29, 1.82) is 0 Å². The lowest BCUT2D eigenvalue weighted by Gasteiger charge is -2.26. The standard InChI is InChI=1S/C15H21BrN2O5S2/c1-24(20,21)12-5-6-13(16)14(11-12)25(22,23)17-8-7-15(19)18-9-3-2-4-10-18/h5-6,11,17H,2-4,7-10H2,1H3. The monoisotopic (exact) mass is 452 g/mol. The van der Waals surface area contributed by atoms with E-state index in [0.29, 0.717) is 13.1 Å². The zero-order chi connectivity index (χ0) is 18.7. The number of nitrogens with zero attached hydrogens (tertiary/aromatic N) is 1. The van der Waals surface area contributed by atoms with Gasteiger partial charge in [0.2, 0.25) is 15.9 Å². The molecule has 1 aromatic carbocycles. The van der Waals surface area contributed by atoms with E-state index < -0.39 is 19.9 Å². The summed E-state index contributed by atoms with van der Waals surface area (Å²) in [6.07, 6.45) is 4.15. The van der Waals surface area contributed by atoms with E-state index in [1.807, 2.05) is 0 Å². The van der Waals surface area contributed by atoms with Gasteiger partial charge >= 0.3 is 0 Å². The van der Waals surface area contributed by atoms with Gasteiger partial charge in [0, 0.05) is 36.8 Å². The average Bonchev–Trinajstić information content (AvgIpc) is 2.54. The lowest BCUT2D eigenvalue weighted by atomic mass is 10.1. The van der Waals surface area contributed by atoms with E-state index in [9.17, 15) is 21.6 Å². The zero-order valence-electron chi connectivity index (χ0n) is 13.9. The number of sulfone groups is 1. The molecule has 1 amide bonds. The minimum atomic E-state index is -3.93. The molecule has 25 heavy (non-hydrogen) atoms. The number of piperidine rings is 1. The lowest BCUT2D eigenvalue weighted by molar-refractivity contribution is -0.131. The summed E-state index contributed by atoms with van der Waals surface area (Å²) in [4.78, 5) is 13.6. The summed E-state index contributed by atoms with van der Waals surface area (Å²) in [5.41, 5.74) is 0. The maximum atomic E-state index is 12.4. The summed E-state index contributed by atoms with van der Waals surface area (Å²) >= 11 is 3.13. The SMILES string of the molecule is CS(=O)(=O)c1ccc(Br)c(S(=O)(=O)NCCC(=O)N2CCCCC2)c1. The molecular weight excluding hydrogens is 432 g/mol. The van der Waals surface area contributed by atoms with Crippen molar-refractivity contribution in [2.45, 2.75) is 35.5 Å². The molecular formula is C15H21BrN2O5S2. The minimum Gasteiger partial charge on any atom is -0.343 e. The minimum absolute atomic E-state index is 0.0345. The van der Waals surface area contributed by atoms with Crippen molar-refractivity contribution >= 4 is 41.7 Å². The second-order valence-electron chi connectivity index (χ2n) is 5.95. The number of benzene rings is 1. The molecule has 0 bridgehead atoms. The van der Waals surface area contributed by atoms with Crippen molar-refractivity contribution in [3.05, 3.63) is 22.7 Å². The smallest absolute Gasteiger partial charge is 0.241 e. The summed E-state index contributed by atoms with van der Waals surface area (Å²) in [5, 5.41) is 0. The van der Waals surface area contributed by atoms with E-state index in [4.69, 9.17) is 0 Å². The van der Waals surface area contributed by atoms with Crippen LogP contribution < -0.4 is 4.72 Å². The van der Waals surface area contributed by atoms with Crippen LogP contribution in [0.1, 0.15) is 25.7 Å². The van der Waals surface area contributed by atoms with Gasteiger partial charge < -0.3 is 4.90 Å². The van der Waals surface area contributed by atoms with Gasteiger partial charge in [0.15, 0.2) is 9.84 Å². The highest BCUT2D eigenvalue weighted by molar-refractivity contribution is 9.10. The van der Waals surface area contributed by atoms with Gasteiger partial charge in [-0.3, -0.25) is 4.79 Å². The molecule has 140 valence electrons. The van der Waals surface area contributed by atoms with E-state index in [1.165, 1.54) is 12.1 Å².